The van der Waals surface area contributed by atoms with Crippen LogP contribution in [0.4, 0.5) is 0 Å². The molecule has 3 aromatic carbocycles. The van der Waals surface area contributed by atoms with Crippen LogP contribution in [-0.2, 0) is 11.2 Å². The van der Waals surface area contributed by atoms with Gasteiger partial charge in [-0.05, 0) is 93.3 Å². The Balaban J connectivity index is 1.43. The fourth-order valence-corrected chi connectivity index (χ4v) is 5.12. The fourth-order valence-electron chi connectivity index (χ4n) is 4.93. The number of hydrogen-bond acceptors (Lipinski definition) is 3. The first-order valence-corrected chi connectivity index (χ1v) is 14.2. The summed E-state index contributed by atoms with van der Waals surface area (Å²) in [6.07, 6.45) is 4.10. The van der Waals surface area contributed by atoms with Gasteiger partial charge in [0.05, 0.1) is 11.4 Å². The minimum Gasteiger partial charge on any atom is -0.354 e. The Kier molecular flexibility index (Phi) is 9.97. The molecule has 1 unspecified atom stereocenters. The summed E-state index contributed by atoms with van der Waals surface area (Å²) < 4.78 is 2.01. The lowest BCUT2D eigenvalue weighted by atomic mass is 10.1. The monoisotopic (exact) mass is 530 g/mol. The summed E-state index contributed by atoms with van der Waals surface area (Å²) in [5, 5.41) is 11.2. The lowest BCUT2D eigenvalue weighted by Gasteiger charge is -2.19. The van der Waals surface area contributed by atoms with Crippen molar-refractivity contribution in [3.05, 3.63) is 83.5 Å². The Labute approximate surface area is 231 Å². The molecule has 4 rings (SSSR count). The quantitative estimate of drug-likeness (QED) is 0.197. The van der Waals surface area contributed by atoms with E-state index in [1.54, 1.807) is 0 Å². The molecule has 0 spiro atoms. The number of carbonyl (C=O) groups is 1. The molecule has 1 heterocycles. The van der Waals surface area contributed by atoms with Gasteiger partial charge in [0.25, 0.3) is 0 Å². The first kappa shape index (κ1) is 27.9. The van der Waals surface area contributed by atoms with Crippen molar-refractivity contribution in [2.45, 2.75) is 58.9 Å². The third kappa shape index (κ3) is 7.46. The second-order valence-electron chi connectivity index (χ2n) is 9.97. The van der Waals surface area contributed by atoms with E-state index in [0.717, 1.165) is 68.0 Å². The molecule has 1 aromatic heterocycles. The number of carbonyl (C=O) groups excluding carboxylic acids is 1. The predicted molar refractivity (Wildman–Crippen MR) is 159 cm³/mol. The average Bonchev–Trinajstić information content (AvgIpc) is 3.35. The van der Waals surface area contributed by atoms with Crippen LogP contribution in [-0.4, -0.2) is 46.3 Å². The van der Waals surface area contributed by atoms with Gasteiger partial charge in [-0.3, -0.25) is 4.79 Å². The molecule has 0 radical (unpaired) electrons. The summed E-state index contributed by atoms with van der Waals surface area (Å²) >= 11 is 6.26. The number of nitrogens with zero attached hydrogens (tertiary/aromatic N) is 3. The van der Waals surface area contributed by atoms with E-state index < -0.39 is 0 Å². The van der Waals surface area contributed by atoms with E-state index >= 15 is 0 Å². The van der Waals surface area contributed by atoms with Gasteiger partial charge >= 0.3 is 0 Å². The largest absolute Gasteiger partial charge is 0.354 e. The van der Waals surface area contributed by atoms with E-state index in [1.165, 1.54) is 10.8 Å². The zero-order chi connectivity index (χ0) is 26.9. The first-order chi connectivity index (χ1) is 18.5. The second-order valence-corrected chi connectivity index (χ2v) is 10.4. The molecule has 0 aliphatic rings. The van der Waals surface area contributed by atoms with Crippen LogP contribution >= 0.6 is 11.6 Å². The van der Waals surface area contributed by atoms with Crippen LogP contribution in [0.1, 0.15) is 52.1 Å². The van der Waals surface area contributed by atoms with Crippen molar-refractivity contribution in [1.29, 1.82) is 0 Å². The summed E-state index contributed by atoms with van der Waals surface area (Å²) in [6, 6.07) is 24.8. The Hall–Kier alpha value is -3.15. The van der Waals surface area contributed by atoms with Gasteiger partial charge < -0.3 is 10.2 Å². The summed E-state index contributed by atoms with van der Waals surface area (Å²) in [5.41, 5.74) is 3.95. The van der Waals surface area contributed by atoms with E-state index in [-0.39, 0.29) is 11.9 Å². The number of aryl methyl sites for hydroxylation is 1. The zero-order valence-corrected chi connectivity index (χ0v) is 23.5. The highest BCUT2D eigenvalue weighted by molar-refractivity contribution is 6.30. The van der Waals surface area contributed by atoms with Crippen LogP contribution in [0.2, 0.25) is 5.02 Å². The summed E-state index contributed by atoms with van der Waals surface area (Å²) in [5.74, 6) is 0.118. The predicted octanol–water partition coefficient (Wildman–Crippen LogP) is 7.30. The van der Waals surface area contributed by atoms with Gasteiger partial charge in [-0.2, -0.15) is 5.10 Å². The van der Waals surface area contributed by atoms with Crippen LogP contribution in [0.5, 0.6) is 0 Å². The van der Waals surface area contributed by atoms with Crippen molar-refractivity contribution in [2.75, 3.05) is 19.6 Å². The highest BCUT2D eigenvalue weighted by Crippen LogP contribution is 2.26. The number of rotatable bonds is 13. The van der Waals surface area contributed by atoms with E-state index in [0.29, 0.717) is 11.4 Å². The highest BCUT2D eigenvalue weighted by Gasteiger charge is 2.14. The minimum absolute atomic E-state index is 0.118. The van der Waals surface area contributed by atoms with Gasteiger partial charge in [-0.1, -0.05) is 67.9 Å². The maximum absolute atomic E-state index is 12.7. The lowest BCUT2D eigenvalue weighted by Crippen LogP contribution is -2.33. The number of fused-ring (bicyclic) bond motifs is 1. The lowest BCUT2D eigenvalue weighted by molar-refractivity contribution is -0.121. The normalized spacial score (nSPS) is 12.2. The van der Waals surface area contributed by atoms with Gasteiger partial charge in [0.15, 0.2) is 0 Å². The SMILES string of the molecule is CCN(CC)CCCC(C)NC(=O)CCCc1cc(-c2cccc(Cl)c2)nn1-c1ccc2ccccc2c1. The Bertz CT molecular complexity index is 1340. The molecule has 6 heteroatoms. The molecule has 0 bridgehead atoms. The summed E-state index contributed by atoms with van der Waals surface area (Å²) in [4.78, 5) is 15.1. The number of halogens is 1. The Morgan fingerprint density at radius 2 is 1.76 bits per heavy atom. The van der Waals surface area contributed by atoms with Gasteiger partial charge in [-0.25, -0.2) is 4.68 Å². The molecule has 200 valence electrons. The van der Waals surface area contributed by atoms with E-state index in [9.17, 15) is 4.79 Å². The summed E-state index contributed by atoms with van der Waals surface area (Å²) in [6.45, 7) is 9.72. The molecule has 0 saturated heterocycles. The first-order valence-electron chi connectivity index (χ1n) is 13.8. The van der Waals surface area contributed by atoms with Crippen LogP contribution in [0, 0.1) is 0 Å². The summed E-state index contributed by atoms with van der Waals surface area (Å²) in [7, 11) is 0. The Morgan fingerprint density at radius 3 is 2.53 bits per heavy atom. The number of aromatic nitrogens is 2. The number of nitrogens with one attached hydrogen (secondary N) is 1. The maximum atomic E-state index is 12.7. The van der Waals surface area contributed by atoms with E-state index in [4.69, 9.17) is 16.7 Å². The fraction of sp³-hybridized carbons (Fsp3) is 0.375. The van der Waals surface area contributed by atoms with E-state index in [1.807, 2.05) is 28.9 Å². The highest BCUT2D eigenvalue weighted by atomic mass is 35.5. The van der Waals surface area contributed by atoms with Gasteiger partial charge in [0.2, 0.25) is 5.91 Å². The zero-order valence-electron chi connectivity index (χ0n) is 22.8. The molecule has 5 nitrogen and oxygen atoms in total. The third-order valence-electron chi connectivity index (χ3n) is 7.13. The van der Waals surface area contributed by atoms with Crippen molar-refractivity contribution < 1.29 is 4.79 Å². The molecule has 1 atom stereocenters. The van der Waals surface area contributed by atoms with Crippen LogP contribution < -0.4 is 5.32 Å². The van der Waals surface area contributed by atoms with Crippen molar-refractivity contribution in [3.8, 4) is 16.9 Å². The van der Waals surface area contributed by atoms with Gasteiger partial charge in [0.1, 0.15) is 0 Å². The molecular weight excluding hydrogens is 492 g/mol. The van der Waals surface area contributed by atoms with Gasteiger partial charge in [0, 0.05) is 28.7 Å². The number of benzene rings is 3. The minimum atomic E-state index is 0.118. The second kappa shape index (κ2) is 13.6. The molecular formula is C32H39ClN4O. The molecule has 4 aromatic rings. The third-order valence-corrected chi connectivity index (χ3v) is 7.37. The maximum Gasteiger partial charge on any atom is 0.220 e. The van der Waals surface area contributed by atoms with Crippen LogP contribution in [0.15, 0.2) is 72.8 Å². The molecule has 0 fully saturated rings. The molecule has 38 heavy (non-hydrogen) atoms. The number of hydrogen-bond donors (Lipinski definition) is 1. The van der Waals surface area contributed by atoms with Crippen molar-refractivity contribution in [2.24, 2.45) is 0 Å². The number of amides is 1. The van der Waals surface area contributed by atoms with Crippen molar-refractivity contribution >= 4 is 28.3 Å². The molecule has 0 saturated carbocycles. The van der Waals surface area contributed by atoms with Crippen LogP contribution in [0.25, 0.3) is 27.7 Å². The van der Waals surface area contributed by atoms with Crippen LogP contribution in [0.3, 0.4) is 0 Å². The Morgan fingerprint density at radius 1 is 0.974 bits per heavy atom. The smallest absolute Gasteiger partial charge is 0.220 e. The van der Waals surface area contributed by atoms with Crippen molar-refractivity contribution in [1.82, 2.24) is 20.0 Å². The standard InChI is InChI=1S/C32H39ClN4O/c1-4-36(5-2)20-10-11-24(3)34-32(38)17-9-16-29-23-31(27-14-8-15-28(33)21-27)35-37(29)30-19-18-25-12-6-7-13-26(25)22-30/h6-8,12-15,18-19,21-24H,4-5,9-11,16-17,20H2,1-3H3,(H,34,38). The van der Waals surface area contributed by atoms with E-state index in [2.05, 4.69) is 79.5 Å². The molecule has 1 amide bonds. The molecule has 1 N–H and O–H groups in total. The topological polar surface area (TPSA) is 50.2 Å². The molecule has 0 aliphatic heterocycles. The molecule has 0 aliphatic carbocycles. The van der Waals surface area contributed by atoms with Crippen molar-refractivity contribution in [3.63, 3.8) is 0 Å². The van der Waals surface area contributed by atoms with Gasteiger partial charge in [-0.15, -0.1) is 0 Å². The average molecular weight is 531 g/mol.